The van der Waals surface area contributed by atoms with Crippen molar-refractivity contribution in [2.24, 2.45) is 0 Å². The van der Waals surface area contributed by atoms with Crippen molar-refractivity contribution in [3.8, 4) is 11.5 Å². The Morgan fingerprint density at radius 3 is 2.77 bits per heavy atom. The minimum Gasteiger partial charge on any atom is -0.503 e. The molecule has 2 rings (SSSR count). The molecule has 3 nitrogen and oxygen atoms in total. The number of ether oxygens (including phenoxy) is 1. The molecule has 0 saturated carbocycles. The van der Waals surface area contributed by atoms with Gasteiger partial charge in [0.05, 0.1) is 11.6 Å². The van der Waals surface area contributed by atoms with Gasteiger partial charge in [-0.15, -0.1) is 0 Å². The molecule has 0 heterocycles. The Kier molecular flexibility index (Phi) is 5.63. The average molecular weight is 382 g/mol. The van der Waals surface area contributed by atoms with E-state index in [9.17, 15) is 9.90 Å². The number of carbonyl (C=O) groups is 1. The van der Waals surface area contributed by atoms with Crippen molar-refractivity contribution < 1.29 is 14.6 Å². The van der Waals surface area contributed by atoms with E-state index in [1.165, 1.54) is 6.08 Å². The van der Waals surface area contributed by atoms with Crippen LogP contribution in [0.15, 0.2) is 46.9 Å². The minimum atomic E-state index is -0.130. The van der Waals surface area contributed by atoms with Crippen molar-refractivity contribution in [1.29, 1.82) is 0 Å². The fourth-order valence-electron chi connectivity index (χ4n) is 1.88. The van der Waals surface area contributed by atoms with Gasteiger partial charge in [-0.25, -0.2) is 0 Å². The summed E-state index contributed by atoms with van der Waals surface area (Å²) in [6.07, 6.45) is 3.09. The number of phenolic OH excluding ortho intramolecular Hbond substituents is 1. The Labute approximate surface area is 142 Å². The summed E-state index contributed by atoms with van der Waals surface area (Å²) in [5.74, 6) is 0.0652. The molecule has 0 aliphatic heterocycles. The van der Waals surface area contributed by atoms with Crippen LogP contribution in [-0.4, -0.2) is 17.5 Å². The van der Waals surface area contributed by atoms with Crippen LogP contribution in [0.1, 0.15) is 22.8 Å². The van der Waals surface area contributed by atoms with Crippen molar-refractivity contribution in [1.82, 2.24) is 0 Å². The molecule has 0 saturated heterocycles. The first-order chi connectivity index (χ1) is 10.5. The first-order valence-corrected chi connectivity index (χ1v) is 7.82. The largest absolute Gasteiger partial charge is 0.503 e. The van der Waals surface area contributed by atoms with Crippen LogP contribution in [0.25, 0.3) is 6.08 Å². The predicted octanol–water partition coefficient (Wildman–Crippen LogP) is 5.10. The monoisotopic (exact) mass is 380 g/mol. The highest BCUT2D eigenvalue weighted by molar-refractivity contribution is 9.10. The van der Waals surface area contributed by atoms with E-state index in [0.29, 0.717) is 23.5 Å². The molecule has 2 aromatic rings. The average Bonchev–Trinajstić information content (AvgIpc) is 2.50. The third-order valence-corrected chi connectivity index (χ3v) is 3.90. The smallest absolute Gasteiger partial charge is 0.186 e. The number of carbonyl (C=O) groups excluding carboxylic acids is 1. The van der Waals surface area contributed by atoms with Crippen LogP contribution in [-0.2, 0) is 0 Å². The Bertz CT molecular complexity index is 726. The Morgan fingerprint density at radius 2 is 2.09 bits per heavy atom. The van der Waals surface area contributed by atoms with E-state index in [1.807, 2.05) is 19.1 Å². The lowest BCUT2D eigenvalue weighted by Crippen LogP contribution is -1.95. The molecule has 0 fully saturated rings. The number of aromatic hydroxyl groups is 1. The van der Waals surface area contributed by atoms with E-state index in [0.717, 1.165) is 4.47 Å². The molecule has 2 aromatic carbocycles. The lowest BCUT2D eigenvalue weighted by molar-refractivity contribution is 0.104. The number of benzene rings is 2. The highest BCUT2D eigenvalue weighted by Crippen LogP contribution is 2.35. The summed E-state index contributed by atoms with van der Waals surface area (Å²) in [6, 6.07) is 10.4. The van der Waals surface area contributed by atoms with Crippen LogP contribution in [0.3, 0.4) is 0 Å². The molecule has 0 radical (unpaired) electrons. The Morgan fingerprint density at radius 1 is 1.36 bits per heavy atom. The summed E-state index contributed by atoms with van der Waals surface area (Å²) in [5.41, 5.74) is 1.25. The molecule has 0 amide bonds. The van der Waals surface area contributed by atoms with Crippen LogP contribution in [0.4, 0.5) is 0 Å². The molecule has 22 heavy (non-hydrogen) atoms. The van der Waals surface area contributed by atoms with Crippen molar-refractivity contribution in [3.63, 3.8) is 0 Å². The summed E-state index contributed by atoms with van der Waals surface area (Å²) < 4.78 is 6.05. The van der Waals surface area contributed by atoms with Gasteiger partial charge in [-0.3, -0.25) is 4.79 Å². The van der Waals surface area contributed by atoms with Gasteiger partial charge in [-0.1, -0.05) is 45.7 Å². The van der Waals surface area contributed by atoms with Crippen LogP contribution in [0, 0.1) is 0 Å². The second-order valence-electron chi connectivity index (χ2n) is 4.46. The van der Waals surface area contributed by atoms with Crippen molar-refractivity contribution in [2.75, 3.05) is 6.61 Å². The standard InChI is InChI=1S/C17H14BrClO3/c1-2-22-16-10-11(9-14(19)17(16)21)7-8-15(20)12-5-3-4-6-13(12)18/h3-10,21H,2H2,1H3/b8-7+. The number of hydrogen-bond donors (Lipinski definition) is 1. The van der Waals surface area contributed by atoms with Crippen molar-refractivity contribution in [3.05, 3.63) is 63.1 Å². The van der Waals surface area contributed by atoms with Gasteiger partial charge in [-0.2, -0.15) is 0 Å². The van der Waals surface area contributed by atoms with Crippen LogP contribution in [0.5, 0.6) is 11.5 Å². The highest BCUT2D eigenvalue weighted by Gasteiger charge is 2.09. The first-order valence-electron chi connectivity index (χ1n) is 6.65. The minimum absolute atomic E-state index is 0.0993. The molecule has 0 bridgehead atoms. The molecular formula is C17H14BrClO3. The third kappa shape index (κ3) is 3.90. The zero-order chi connectivity index (χ0) is 16.1. The van der Waals surface area contributed by atoms with E-state index in [2.05, 4.69) is 15.9 Å². The molecule has 0 aromatic heterocycles. The normalized spacial score (nSPS) is 10.9. The predicted molar refractivity (Wildman–Crippen MR) is 91.8 cm³/mol. The lowest BCUT2D eigenvalue weighted by Gasteiger charge is -2.08. The van der Waals surface area contributed by atoms with Crippen molar-refractivity contribution in [2.45, 2.75) is 6.92 Å². The Balaban J connectivity index is 2.27. The quantitative estimate of drug-likeness (QED) is 0.579. The van der Waals surface area contributed by atoms with Crippen molar-refractivity contribution >= 4 is 39.4 Å². The van der Waals surface area contributed by atoms with E-state index in [1.54, 1.807) is 30.3 Å². The number of allylic oxidation sites excluding steroid dienone is 1. The molecular weight excluding hydrogens is 368 g/mol. The van der Waals surface area contributed by atoms with E-state index in [4.69, 9.17) is 16.3 Å². The number of hydrogen-bond acceptors (Lipinski definition) is 3. The van der Waals surface area contributed by atoms with Crippen LogP contribution >= 0.6 is 27.5 Å². The number of halogens is 2. The molecule has 0 unspecified atom stereocenters. The zero-order valence-corrected chi connectivity index (χ0v) is 14.2. The molecule has 114 valence electrons. The van der Waals surface area contributed by atoms with Gasteiger partial charge in [0, 0.05) is 10.0 Å². The summed E-state index contributed by atoms with van der Waals surface area (Å²) in [6.45, 7) is 2.22. The van der Waals surface area contributed by atoms with Crippen LogP contribution < -0.4 is 4.74 Å². The maximum atomic E-state index is 12.2. The Hall–Kier alpha value is -1.78. The molecule has 0 spiro atoms. The number of rotatable bonds is 5. The SMILES string of the molecule is CCOc1cc(/C=C/C(=O)c2ccccc2Br)cc(Cl)c1O. The van der Waals surface area contributed by atoms with Gasteiger partial charge in [0.2, 0.25) is 0 Å². The summed E-state index contributed by atoms with van der Waals surface area (Å²) in [5, 5.41) is 9.97. The molecule has 5 heteroatoms. The highest BCUT2D eigenvalue weighted by atomic mass is 79.9. The topological polar surface area (TPSA) is 46.5 Å². The first kappa shape index (κ1) is 16.6. The van der Waals surface area contributed by atoms with E-state index in [-0.39, 0.29) is 16.6 Å². The third-order valence-electron chi connectivity index (χ3n) is 2.92. The molecule has 0 aliphatic rings. The number of phenols is 1. The number of ketones is 1. The maximum Gasteiger partial charge on any atom is 0.186 e. The second-order valence-corrected chi connectivity index (χ2v) is 5.72. The fraction of sp³-hybridized carbons (Fsp3) is 0.118. The molecule has 0 atom stereocenters. The summed E-state index contributed by atoms with van der Waals surface area (Å²) >= 11 is 9.30. The van der Waals surface area contributed by atoms with Gasteiger partial charge in [0.25, 0.3) is 0 Å². The zero-order valence-electron chi connectivity index (χ0n) is 11.8. The summed E-state index contributed by atoms with van der Waals surface area (Å²) in [4.78, 5) is 12.2. The van der Waals surface area contributed by atoms with E-state index >= 15 is 0 Å². The molecule has 0 aliphatic carbocycles. The van der Waals surface area contributed by atoms with Gasteiger partial charge < -0.3 is 9.84 Å². The van der Waals surface area contributed by atoms with Gasteiger partial charge in [0.15, 0.2) is 17.3 Å². The van der Waals surface area contributed by atoms with Gasteiger partial charge >= 0.3 is 0 Å². The second kappa shape index (κ2) is 7.47. The van der Waals surface area contributed by atoms with Gasteiger partial charge in [0.1, 0.15) is 0 Å². The summed E-state index contributed by atoms with van der Waals surface area (Å²) in [7, 11) is 0. The molecule has 1 N–H and O–H groups in total. The maximum absolute atomic E-state index is 12.2. The fourth-order valence-corrected chi connectivity index (χ4v) is 2.58. The lowest BCUT2D eigenvalue weighted by atomic mass is 10.1. The van der Waals surface area contributed by atoms with E-state index < -0.39 is 0 Å². The van der Waals surface area contributed by atoms with Crippen LogP contribution in [0.2, 0.25) is 5.02 Å². The van der Waals surface area contributed by atoms with Gasteiger partial charge in [-0.05, 0) is 42.8 Å².